The Bertz CT molecular complexity index is 831. The summed E-state index contributed by atoms with van der Waals surface area (Å²) in [7, 11) is 0. The molecule has 1 amide bonds. The van der Waals surface area contributed by atoms with Crippen LogP contribution in [0.3, 0.4) is 0 Å². The van der Waals surface area contributed by atoms with Gasteiger partial charge in [0.2, 0.25) is 0 Å². The normalized spacial score (nSPS) is 12.2. The summed E-state index contributed by atoms with van der Waals surface area (Å²) in [5.74, 6) is -0.141. The maximum Gasteiger partial charge on any atom is 0.315 e. The van der Waals surface area contributed by atoms with Gasteiger partial charge in [0.15, 0.2) is 10.6 Å². The lowest BCUT2D eigenvalue weighted by molar-refractivity contribution is 0.0971. The summed E-state index contributed by atoms with van der Waals surface area (Å²) >= 11 is 7.43. The number of thiazole rings is 1. The van der Waals surface area contributed by atoms with E-state index < -0.39 is 0 Å². The zero-order valence-electron chi connectivity index (χ0n) is 10.7. The predicted molar refractivity (Wildman–Crippen MR) is 79.1 cm³/mol. The van der Waals surface area contributed by atoms with Gasteiger partial charge in [-0.15, -0.1) is 0 Å². The monoisotopic (exact) mass is 306 g/mol. The Morgan fingerprint density at radius 3 is 3.00 bits per heavy atom. The number of nitrogens with zero attached hydrogens (tertiary/aromatic N) is 2. The number of carbonyl (C=O) groups excluding carboxylic acids is 1. The molecule has 102 valence electrons. The third kappa shape index (κ3) is 2.30. The summed E-state index contributed by atoms with van der Waals surface area (Å²) in [6, 6.07) is 8.92. The van der Waals surface area contributed by atoms with Gasteiger partial charge in [-0.2, -0.15) is 4.99 Å². The van der Waals surface area contributed by atoms with Gasteiger partial charge in [-0.1, -0.05) is 22.9 Å². The van der Waals surface area contributed by atoms with E-state index in [4.69, 9.17) is 16.0 Å². The van der Waals surface area contributed by atoms with Crippen molar-refractivity contribution < 1.29 is 9.21 Å². The molecular weight excluding hydrogens is 296 g/mol. The van der Waals surface area contributed by atoms with Crippen LogP contribution in [0.5, 0.6) is 0 Å². The summed E-state index contributed by atoms with van der Waals surface area (Å²) in [6.07, 6.45) is 1.46. The molecule has 0 saturated heterocycles. The highest BCUT2D eigenvalue weighted by Gasteiger charge is 2.10. The first-order valence-electron chi connectivity index (χ1n) is 6.10. The molecule has 1 aromatic carbocycles. The first kappa shape index (κ1) is 13.1. The number of aryl methyl sites for hydroxylation is 1. The molecule has 0 radical (unpaired) electrons. The van der Waals surface area contributed by atoms with Crippen LogP contribution in [0.4, 0.5) is 0 Å². The minimum absolute atomic E-state index is 0.239. The van der Waals surface area contributed by atoms with E-state index in [0.29, 0.717) is 9.82 Å². The molecule has 0 N–H and O–H groups in total. The van der Waals surface area contributed by atoms with Gasteiger partial charge >= 0.3 is 5.91 Å². The van der Waals surface area contributed by atoms with Crippen LogP contribution in [-0.2, 0) is 6.54 Å². The van der Waals surface area contributed by atoms with Crippen LogP contribution in [-0.4, -0.2) is 10.5 Å². The SMILES string of the molecule is CCn1c(=NC(=O)c2ccco2)sc2cc(Cl)ccc21. The first-order chi connectivity index (χ1) is 9.69. The Labute approximate surface area is 123 Å². The summed E-state index contributed by atoms with van der Waals surface area (Å²) < 4.78 is 8.05. The molecule has 0 spiro atoms. The van der Waals surface area contributed by atoms with Crippen LogP contribution in [0.25, 0.3) is 10.2 Å². The molecule has 0 aliphatic heterocycles. The lowest BCUT2D eigenvalue weighted by Gasteiger charge is -1.99. The minimum Gasteiger partial charge on any atom is -0.459 e. The molecule has 0 unspecified atom stereocenters. The molecule has 0 aliphatic carbocycles. The molecule has 6 heteroatoms. The minimum atomic E-state index is -0.380. The van der Waals surface area contributed by atoms with Crippen LogP contribution in [0.2, 0.25) is 5.02 Å². The highest BCUT2D eigenvalue weighted by molar-refractivity contribution is 7.16. The number of halogens is 1. The van der Waals surface area contributed by atoms with Crippen LogP contribution >= 0.6 is 22.9 Å². The Balaban J connectivity index is 2.18. The second kappa shape index (κ2) is 5.26. The number of furan rings is 1. The fourth-order valence-electron chi connectivity index (χ4n) is 1.98. The quantitative estimate of drug-likeness (QED) is 0.724. The average Bonchev–Trinajstić information content (AvgIpc) is 3.04. The van der Waals surface area contributed by atoms with Crippen molar-refractivity contribution >= 4 is 39.1 Å². The summed E-state index contributed by atoms with van der Waals surface area (Å²) in [4.78, 5) is 16.8. The number of benzene rings is 1. The Morgan fingerprint density at radius 2 is 2.30 bits per heavy atom. The second-order valence-corrected chi connectivity index (χ2v) is 5.58. The first-order valence-corrected chi connectivity index (χ1v) is 7.30. The Hall–Kier alpha value is -1.85. The van der Waals surface area contributed by atoms with Crippen molar-refractivity contribution in [3.05, 3.63) is 52.2 Å². The molecule has 20 heavy (non-hydrogen) atoms. The molecule has 0 atom stereocenters. The zero-order valence-corrected chi connectivity index (χ0v) is 12.2. The van der Waals surface area contributed by atoms with Crippen LogP contribution in [0.1, 0.15) is 17.5 Å². The number of aromatic nitrogens is 1. The van der Waals surface area contributed by atoms with Gasteiger partial charge in [0.25, 0.3) is 0 Å². The second-order valence-electron chi connectivity index (χ2n) is 4.14. The maximum absolute atomic E-state index is 12.0. The average molecular weight is 307 g/mol. The number of fused-ring (bicyclic) bond motifs is 1. The Kier molecular flexibility index (Phi) is 3.46. The van der Waals surface area contributed by atoms with Crippen molar-refractivity contribution in [3.8, 4) is 0 Å². The van der Waals surface area contributed by atoms with Crippen molar-refractivity contribution in [2.45, 2.75) is 13.5 Å². The smallest absolute Gasteiger partial charge is 0.315 e. The van der Waals surface area contributed by atoms with Gasteiger partial charge in [0.1, 0.15) is 0 Å². The molecule has 0 bridgehead atoms. The molecule has 2 heterocycles. The van der Waals surface area contributed by atoms with Gasteiger partial charge in [-0.25, -0.2) is 0 Å². The highest BCUT2D eigenvalue weighted by atomic mass is 35.5. The van der Waals surface area contributed by atoms with Crippen molar-refractivity contribution in [2.24, 2.45) is 4.99 Å². The zero-order chi connectivity index (χ0) is 14.1. The van der Waals surface area contributed by atoms with E-state index in [0.717, 1.165) is 16.8 Å². The van der Waals surface area contributed by atoms with Crippen molar-refractivity contribution in [1.29, 1.82) is 0 Å². The number of amides is 1. The van der Waals surface area contributed by atoms with Crippen LogP contribution < -0.4 is 4.80 Å². The van der Waals surface area contributed by atoms with Gasteiger partial charge in [-0.3, -0.25) is 4.79 Å². The van der Waals surface area contributed by atoms with E-state index in [1.165, 1.54) is 17.6 Å². The molecular formula is C14H11ClN2O2S. The molecule has 3 aromatic rings. The number of rotatable bonds is 2. The maximum atomic E-state index is 12.0. The summed E-state index contributed by atoms with van der Waals surface area (Å²) in [6.45, 7) is 2.74. The van der Waals surface area contributed by atoms with E-state index in [1.54, 1.807) is 12.1 Å². The van der Waals surface area contributed by atoms with E-state index in [9.17, 15) is 4.79 Å². The Morgan fingerprint density at radius 1 is 1.45 bits per heavy atom. The highest BCUT2D eigenvalue weighted by Crippen LogP contribution is 2.21. The molecule has 0 aliphatic rings. The largest absolute Gasteiger partial charge is 0.459 e. The third-order valence-electron chi connectivity index (χ3n) is 2.89. The number of carbonyl (C=O) groups is 1. The van der Waals surface area contributed by atoms with E-state index >= 15 is 0 Å². The van der Waals surface area contributed by atoms with Crippen molar-refractivity contribution in [1.82, 2.24) is 4.57 Å². The van der Waals surface area contributed by atoms with Gasteiger partial charge in [0, 0.05) is 11.6 Å². The van der Waals surface area contributed by atoms with Gasteiger partial charge < -0.3 is 8.98 Å². The van der Waals surface area contributed by atoms with Gasteiger partial charge in [-0.05, 0) is 37.3 Å². The van der Waals surface area contributed by atoms with E-state index in [-0.39, 0.29) is 11.7 Å². The van der Waals surface area contributed by atoms with E-state index in [2.05, 4.69) is 4.99 Å². The fraction of sp³-hybridized carbons (Fsp3) is 0.143. The fourth-order valence-corrected chi connectivity index (χ4v) is 3.35. The topological polar surface area (TPSA) is 47.5 Å². The lowest BCUT2D eigenvalue weighted by atomic mass is 10.3. The summed E-state index contributed by atoms with van der Waals surface area (Å²) in [5.41, 5.74) is 1.02. The van der Waals surface area contributed by atoms with Gasteiger partial charge in [0.05, 0.1) is 16.5 Å². The molecule has 2 aromatic heterocycles. The summed E-state index contributed by atoms with van der Waals surface area (Å²) in [5, 5.41) is 0.672. The molecule has 0 saturated carbocycles. The third-order valence-corrected chi connectivity index (χ3v) is 4.17. The van der Waals surface area contributed by atoms with Crippen LogP contribution in [0, 0.1) is 0 Å². The van der Waals surface area contributed by atoms with Crippen molar-refractivity contribution in [3.63, 3.8) is 0 Å². The standard InChI is InChI=1S/C14H11ClN2O2S/c1-2-17-10-6-5-9(15)8-12(10)20-14(17)16-13(18)11-4-3-7-19-11/h3-8H,2H2,1H3. The molecule has 4 nitrogen and oxygen atoms in total. The van der Waals surface area contributed by atoms with Crippen LogP contribution in [0.15, 0.2) is 46.0 Å². The lowest BCUT2D eigenvalue weighted by Crippen LogP contribution is -2.15. The van der Waals surface area contributed by atoms with E-state index in [1.807, 2.05) is 29.7 Å². The number of hydrogen-bond acceptors (Lipinski definition) is 3. The van der Waals surface area contributed by atoms with Crippen molar-refractivity contribution in [2.75, 3.05) is 0 Å². The number of hydrogen-bond donors (Lipinski definition) is 0. The molecule has 3 rings (SSSR count). The molecule has 0 fully saturated rings. The predicted octanol–water partition coefficient (Wildman–Crippen LogP) is 3.71.